The first-order chi connectivity index (χ1) is 23.8. The van der Waals surface area contributed by atoms with Gasteiger partial charge in [-0.2, -0.15) is 10.2 Å². The molecule has 2 fully saturated rings. The SMILES string of the molecule is CCC(C)n1ncn(-c2ccc(N3CCN(c4ccc(OCC5COC(Cn6cncn6)(c6ccc(Cl)cc6Cl)O5)cc4)CC3)cc2)c1=O.Cl. The van der Waals surface area contributed by atoms with E-state index in [4.69, 9.17) is 37.4 Å². The van der Waals surface area contributed by atoms with Gasteiger partial charge in [0.1, 0.15) is 44.0 Å². The first-order valence-corrected chi connectivity index (χ1v) is 17.2. The lowest BCUT2D eigenvalue weighted by atomic mass is 10.1. The number of halogens is 3. The fourth-order valence-electron chi connectivity index (χ4n) is 6.24. The van der Waals surface area contributed by atoms with Crippen molar-refractivity contribution >= 4 is 47.0 Å². The molecule has 3 atom stereocenters. The van der Waals surface area contributed by atoms with Crippen LogP contribution in [0.4, 0.5) is 11.4 Å². The van der Waals surface area contributed by atoms with E-state index in [2.05, 4.69) is 49.2 Å². The predicted molar refractivity (Wildman–Crippen MR) is 195 cm³/mol. The van der Waals surface area contributed by atoms with E-state index in [0.29, 0.717) is 28.8 Å². The lowest BCUT2D eigenvalue weighted by molar-refractivity contribution is -0.190. The quantitative estimate of drug-likeness (QED) is 0.161. The van der Waals surface area contributed by atoms with E-state index in [0.717, 1.165) is 55.4 Å². The zero-order valence-electron chi connectivity index (χ0n) is 27.8. The Morgan fingerprint density at radius 2 is 1.58 bits per heavy atom. The molecular weight excluding hydrogens is 703 g/mol. The summed E-state index contributed by atoms with van der Waals surface area (Å²) in [5, 5.41) is 9.50. The number of hydrogen-bond acceptors (Lipinski definition) is 9. The van der Waals surface area contributed by atoms with Crippen molar-refractivity contribution in [3.8, 4) is 11.4 Å². The van der Waals surface area contributed by atoms with E-state index in [-0.39, 0.29) is 36.8 Å². The van der Waals surface area contributed by atoms with Crippen molar-refractivity contribution in [1.82, 2.24) is 29.1 Å². The van der Waals surface area contributed by atoms with E-state index >= 15 is 0 Å². The fourth-order valence-corrected chi connectivity index (χ4v) is 6.79. The van der Waals surface area contributed by atoms with Gasteiger partial charge < -0.3 is 24.0 Å². The maximum atomic E-state index is 12.8. The Hall–Kier alpha value is -4.07. The van der Waals surface area contributed by atoms with Crippen LogP contribution in [0, 0.1) is 0 Å². The molecule has 0 radical (unpaired) electrons. The topological polar surface area (TPSA) is 105 Å². The Morgan fingerprint density at radius 3 is 2.20 bits per heavy atom. The number of aromatic nitrogens is 6. The van der Waals surface area contributed by atoms with Gasteiger partial charge in [0.2, 0.25) is 5.79 Å². The van der Waals surface area contributed by atoms with E-state index in [9.17, 15) is 4.79 Å². The molecule has 7 rings (SSSR count). The van der Waals surface area contributed by atoms with Crippen molar-refractivity contribution in [3.05, 3.63) is 112 Å². The molecule has 0 amide bonds. The van der Waals surface area contributed by atoms with Crippen LogP contribution in [0.15, 0.2) is 90.5 Å². The summed E-state index contributed by atoms with van der Waals surface area (Å²) in [4.78, 5) is 21.6. The third-order valence-electron chi connectivity index (χ3n) is 9.15. The molecule has 0 bridgehead atoms. The third-order valence-corrected chi connectivity index (χ3v) is 9.70. The molecule has 5 aromatic rings. The molecule has 0 aliphatic carbocycles. The Morgan fingerprint density at radius 1 is 0.920 bits per heavy atom. The highest BCUT2D eigenvalue weighted by atomic mass is 35.5. The van der Waals surface area contributed by atoms with Crippen LogP contribution in [0.1, 0.15) is 31.9 Å². The maximum Gasteiger partial charge on any atom is 0.350 e. The molecule has 264 valence electrons. The lowest BCUT2D eigenvalue weighted by Gasteiger charge is -2.37. The Kier molecular flexibility index (Phi) is 11.0. The van der Waals surface area contributed by atoms with Gasteiger partial charge in [-0.15, -0.1) is 12.4 Å². The summed E-state index contributed by atoms with van der Waals surface area (Å²) in [5.41, 5.74) is 3.64. The molecule has 0 saturated carbocycles. The summed E-state index contributed by atoms with van der Waals surface area (Å²) in [6.07, 6.45) is 5.19. The highest BCUT2D eigenvalue weighted by Gasteiger charge is 2.45. The van der Waals surface area contributed by atoms with Crippen LogP contribution in [0.2, 0.25) is 10.0 Å². The summed E-state index contributed by atoms with van der Waals surface area (Å²) in [6.45, 7) is 8.48. The number of anilines is 2. The van der Waals surface area contributed by atoms with Crippen LogP contribution in [-0.2, 0) is 21.8 Å². The standard InChI is InChI=1S/C35H38Cl2N8O4.ClH/c1-3-25(2)45-34(46)44(24-40-45)29-7-5-27(6-8-29)41-14-16-42(17-15-41)28-9-11-30(12-10-28)47-19-31-20-48-35(49-31,21-43-23-38-22-39-43)32-13-4-26(36)18-33(32)37;/h4-13,18,22-25,31H,3,14-17,19-21H2,1-2H3;1H. The minimum atomic E-state index is -1.16. The van der Waals surface area contributed by atoms with Crippen LogP contribution >= 0.6 is 35.6 Å². The second-order valence-corrected chi connectivity index (χ2v) is 13.1. The molecule has 0 spiro atoms. The van der Waals surface area contributed by atoms with Gasteiger partial charge in [0, 0.05) is 48.1 Å². The lowest BCUT2D eigenvalue weighted by Crippen LogP contribution is -2.46. The Balaban J connectivity index is 0.00000432. The van der Waals surface area contributed by atoms with Crippen molar-refractivity contribution < 1.29 is 14.2 Å². The molecular formula is C35H39Cl3N8O4. The zero-order chi connectivity index (χ0) is 34.0. The first kappa shape index (κ1) is 35.7. The monoisotopic (exact) mass is 740 g/mol. The van der Waals surface area contributed by atoms with Gasteiger partial charge in [0.05, 0.1) is 23.4 Å². The molecule has 0 N–H and O–H groups in total. The second-order valence-electron chi connectivity index (χ2n) is 12.3. The van der Waals surface area contributed by atoms with Gasteiger partial charge in [-0.25, -0.2) is 23.7 Å². The van der Waals surface area contributed by atoms with Gasteiger partial charge in [0.25, 0.3) is 0 Å². The molecule has 3 unspecified atom stereocenters. The fraction of sp³-hybridized carbons (Fsp3) is 0.371. The molecule has 12 nitrogen and oxygen atoms in total. The zero-order valence-corrected chi connectivity index (χ0v) is 30.1. The molecule has 2 aliphatic rings. The number of nitrogens with zero attached hydrogens (tertiary/aromatic N) is 8. The normalized spacial score (nSPS) is 19.7. The smallest absolute Gasteiger partial charge is 0.350 e. The van der Waals surface area contributed by atoms with Crippen LogP contribution in [0.25, 0.3) is 5.69 Å². The summed E-state index contributed by atoms with van der Waals surface area (Å²) in [6, 6.07) is 21.6. The summed E-state index contributed by atoms with van der Waals surface area (Å²) in [5.74, 6) is -0.410. The van der Waals surface area contributed by atoms with E-state index in [1.807, 2.05) is 44.2 Å². The van der Waals surface area contributed by atoms with Crippen LogP contribution < -0.4 is 20.2 Å². The van der Waals surface area contributed by atoms with Gasteiger partial charge >= 0.3 is 5.69 Å². The van der Waals surface area contributed by atoms with E-state index in [1.54, 1.807) is 34.0 Å². The van der Waals surface area contributed by atoms with Gasteiger partial charge in [-0.1, -0.05) is 36.2 Å². The number of rotatable bonds is 11. The van der Waals surface area contributed by atoms with Crippen LogP contribution in [0.5, 0.6) is 5.75 Å². The summed E-state index contributed by atoms with van der Waals surface area (Å²) >= 11 is 12.7. The van der Waals surface area contributed by atoms with Crippen LogP contribution in [0.3, 0.4) is 0 Å². The van der Waals surface area contributed by atoms with Crippen molar-refractivity contribution in [3.63, 3.8) is 0 Å². The van der Waals surface area contributed by atoms with Crippen LogP contribution in [-0.4, -0.2) is 74.6 Å². The highest BCUT2D eigenvalue weighted by Crippen LogP contribution is 2.40. The molecule has 15 heteroatoms. The van der Waals surface area contributed by atoms with E-state index in [1.165, 1.54) is 11.0 Å². The predicted octanol–water partition coefficient (Wildman–Crippen LogP) is 6.00. The number of benzene rings is 3. The molecule has 50 heavy (non-hydrogen) atoms. The molecule has 4 heterocycles. The van der Waals surface area contributed by atoms with Crippen molar-refractivity contribution in [1.29, 1.82) is 0 Å². The largest absolute Gasteiger partial charge is 0.491 e. The Bertz CT molecular complexity index is 1910. The molecule has 2 saturated heterocycles. The van der Waals surface area contributed by atoms with E-state index < -0.39 is 5.79 Å². The van der Waals surface area contributed by atoms with Gasteiger partial charge in [-0.05, 0) is 74.0 Å². The highest BCUT2D eigenvalue weighted by molar-refractivity contribution is 6.35. The van der Waals surface area contributed by atoms with Crippen molar-refractivity contribution in [2.24, 2.45) is 0 Å². The number of ether oxygens (including phenoxy) is 3. The molecule has 2 aliphatic heterocycles. The minimum absolute atomic E-state index is 0. The third kappa shape index (κ3) is 7.50. The number of piperazine rings is 1. The second kappa shape index (κ2) is 15.4. The average Bonchev–Trinajstić information content (AvgIpc) is 3.88. The van der Waals surface area contributed by atoms with Crippen molar-refractivity contribution in [2.75, 3.05) is 49.2 Å². The van der Waals surface area contributed by atoms with Gasteiger partial charge in [-0.3, -0.25) is 0 Å². The minimum Gasteiger partial charge on any atom is -0.491 e. The molecule has 2 aromatic heterocycles. The molecule has 3 aromatic carbocycles. The average molecular weight is 742 g/mol. The maximum absolute atomic E-state index is 12.8. The van der Waals surface area contributed by atoms with Crippen molar-refractivity contribution in [2.45, 2.75) is 44.7 Å². The summed E-state index contributed by atoms with van der Waals surface area (Å²) in [7, 11) is 0. The van der Waals surface area contributed by atoms with Gasteiger partial charge in [0.15, 0.2) is 0 Å². The summed E-state index contributed by atoms with van der Waals surface area (Å²) < 4.78 is 23.7. The Labute approximate surface area is 306 Å². The number of hydrogen-bond donors (Lipinski definition) is 0. The first-order valence-electron chi connectivity index (χ1n) is 16.4.